The summed E-state index contributed by atoms with van der Waals surface area (Å²) in [6.07, 6.45) is 5.02. The molecule has 150 valence electrons. The minimum absolute atomic E-state index is 0.0251. The Kier molecular flexibility index (Phi) is 5.23. The molecule has 3 heterocycles. The topological polar surface area (TPSA) is 115 Å². The highest BCUT2D eigenvalue weighted by Gasteiger charge is 2.30. The number of ether oxygens (including phenoxy) is 3. The first-order chi connectivity index (χ1) is 14.2. The molecule has 0 aliphatic carbocycles. The summed E-state index contributed by atoms with van der Waals surface area (Å²) < 4.78 is 16.0. The second-order valence-electron chi connectivity index (χ2n) is 6.38. The summed E-state index contributed by atoms with van der Waals surface area (Å²) in [5, 5.41) is 0. The number of rotatable bonds is 6. The van der Waals surface area contributed by atoms with Gasteiger partial charge in [-0.05, 0) is 37.1 Å². The Bertz CT molecular complexity index is 1040. The smallest absolute Gasteiger partial charge is 0.352 e. The van der Waals surface area contributed by atoms with Gasteiger partial charge in [-0.1, -0.05) is 0 Å². The van der Waals surface area contributed by atoms with Gasteiger partial charge in [0.1, 0.15) is 11.5 Å². The lowest BCUT2D eigenvalue weighted by Gasteiger charge is -2.24. The molecule has 0 spiro atoms. The molecule has 1 unspecified atom stereocenters. The van der Waals surface area contributed by atoms with Crippen molar-refractivity contribution >= 4 is 5.95 Å². The molecule has 29 heavy (non-hydrogen) atoms. The minimum Gasteiger partial charge on any atom is -0.497 e. The predicted molar refractivity (Wildman–Crippen MR) is 104 cm³/mol. The van der Waals surface area contributed by atoms with E-state index in [-0.39, 0.29) is 12.1 Å². The number of nitrogens with one attached hydrogen (secondary N) is 1. The maximum atomic E-state index is 11.8. The third kappa shape index (κ3) is 4.10. The number of anilines is 1. The summed E-state index contributed by atoms with van der Waals surface area (Å²) in [6, 6.07) is 7.14. The fourth-order valence-corrected chi connectivity index (χ4v) is 3.25. The van der Waals surface area contributed by atoms with Crippen LogP contribution in [0.5, 0.6) is 23.4 Å². The average molecular weight is 396 g/mol. The van der Waals surface area contributed by atoms with Crippen LogP contribution in [0.4, 0.5) is 5.95 Å². The fraction of sp³-hybridized carbons (Fsp3) is 0.316. The van der Waals surface area contributed by atoms with Crippen molar-refractivity contribution in [2.24, 2.45) is 0 Å². The van der Waals surface area contributed by atoms with Gasteiger partial charge in [-0.3, -0.25) is 9.97 Å². The first-order valence-corrected chi connectivity index (χ1v) is 9.09. The predicted octanol–water partition coefficient (Wildman–Crippen LogP) is 2.11. The van der Waals surface area contributed by atoms with Gasteiger partial charge in [-0.25, -0.2) is 9.78 Å². The number of aromatic nitrogens is 5. The molecular formula is C19H20N6O4. The van der Waals surface area contributed by atoms with E-state index in [4.69, 9.17) is 14.2 Å². The van der Waals surface area contributed by atoms with Crippen LogP contribution in [0, 0.1) is 0 Å². The van der Waals surface area contributed by atoms with Crippen molar-refractivity contribution in [1.82, 2.24) is 24.9 Å². The molecule has 1 N–H and O–H groups in total. The fourth-order valence-electron chi connectivity index (χ4n) is 3.25. The van der Waals surface area contributed by atoms with Crippen LogP contribution in [0.25, 0.3) is 0 Å². The molecule has 0 saturated carbocycles. The standard InChI is InChI=1S/C19H20N6O4/c1-27-12-5-7-13(8-6-12)29-16-11-20-10-14(21-16)15-4-3-9-25(15)17-22-18(26)24-19(23-17)28-2/h5-8,10-11,15H,3-4,9H2,1-2H3,(H,22,23,24,26). The second kappa shape index (κ2) is 8.13. The summed E-state index contributed by atoms with van der Waals surface area (Å²) >= 11 is 0. The molecule has 1 fully saturated rings. The van der Waals surface area contributed by atoms with E-state index in [9.17, 15) is 4.79 Å². The van der Waals surface area contributed by atoms with Gasteiger partial charge in [0.2, 0.25) is 11.8 Å². The van der Waals surface area contributed by atoms with Crippen molar-refractivity contribution in [3.63, 3.8) is 0 Å². The van der Waals surface area contributed by atoms with E-state index >= 15 is 0 Å². The van der Waals surface area contributed by atoms with E-state index in [1.54, 1.807) is 31.6 Å². The molecule has 1 aromatic carbocycles. The Hall–Kier alpha value is -3.69. The Balaban J connectivity index is 1.58. The van der Waals surface area contributed by atoms with Gasteiger partial charge in [0, 0.05) is 6.54 Å². The second-order valence-corrected chi connectivity index (χ2v) is 6.38. The number of methoxy groups -OCH3 is 2. The van der Waals surface area contributed by atoms with Gasteiger partial charge in [0.25, 0.3) is 0 Å². The first-order valence-electron chi connectivity index (χ1n) is 9.09. The maximum Gasteiger partial charge on any atom is 0.352 e. The van der Waals surface area contributed by atoms with E-state index in [1.165, 1.54) is 7.11 Å². The highest BCUT2D eigenvalue weighted by molar-refractivity contribution is 5.37. The van der Waals surface area contributed by atoms with Crippen LogP contribution in [-0.2, 0) is 0 Å². The highest BCUT2D eigenvalue weighted by atomic mass is 16.5. The zero-order valence-electron chi connectivity index (χ0n) is 16.0. The lowest BCUT2D eigenvalue weighted by Crippen LogP contribution is -2.28. The van der Waals surface area contributed by atoms with Gasteiger partial charge in [-0.2, -0.15) is 4.98 Å². The van der Waals surface area contributed by atoms with Crippen LogP contribution in [0.2, 0.25) is 0 Å². The van der Waals surface area contributed by atoms with E-state index < -0.39 is 5.69 Å². The van der Waals surface area contributed by atoms with Gasteiger partial charge in [0.15, 0.2) is 0 Å². The molecule has 0 radical (unpaired) electrons. The van der Waals surface area contributed by atoms with Gasteiger partial charge in [0.05, 0.1) is 38.3 Å². The quantitative estimate of drug-likeness (QED) is 0.669. The van der Waals surface area contributed by atoms with E-state index in [0.717, 1.165) is 24.3 Å². The molecule has 0 bridgehead atoms. The minimum atomic E-state index is -0.514. The van der Waals surface area contributed by atoms with E-state index in [2.05, 4.69) is 24.9 Å². The van der Waals surface area contributed by atoms with Crippen LogP contribution in [0.1, 0.15) is 24.6 Å². The molecule has 2 aromatic heterocycles. The van der Waals surface area contributed by atoms with Crippen LogP contribution in [0.15, 0.2) is 41.5 Å². The zero-order chi connectivity index (χ0) is 20.2. The number of H-pyrrole nitrogens is 1. The molecule has 1 atom stereocenters. The lowest BCUT2D eigenvalue weighted by atomic mass is 10.1. The molecule has 10 heteroatoms. The van der Waals surface area contributed by atoms with Crippen molar-refractivity contribution < 1.29 is 14.2 Å². The molecule has 0 amide bonds. The van der Waals surface area contributed by atoms with Crippen molar-refractivity contribution in [1.29, 1.82) is 0 Å². The number of hydrogen-bond donors (Lipinski definition) is 1. The summed E-state index contributed by atoms with van der Waals surface area (Å²) in [5.74, 6) is 2.15. The van der Waals surface area contributed by atoms with Crippen molar-refractivity contribution in [3.05, 3.63) is 52.8 Å². The zero-order valence-corrected chi connectivity index (χ0v) is 16.0. The molecule has 1 saturated heterocycles. The number of hydrogen-bond acceptors (Lipinski definition) is 9. The van der Waals surface area contributed by atoms with Crippen molar-refractivity contribution in [2.75, 3.05) is 25.7 Å². The lowest BCUT2D eigenvalue weighted by molar-refractivity contribution is 0.375. The third-order valence-electron chi connectivity index (χ3n) is 4.58. The van der Waals surface area contributed by atoms with Gasteiger partial charge >= 0.3 is 11.7 Å². The molecule has 1 aliphatic heterocycles. The third-order valence-corrected chi connectivity index (χ3v) is 4.58. The summed E-state index contributed by atoms with van der Waals surface area (Å²) in [4.78, 5) is 33.2. The van der Waals surface area contributed by atoms with E-state index in [0.29, 0.717) is 24.1 Å². The number of benzene rings is 1. The van der Waals surface area contributed by atoms with Crippen LogP contribution in [-0.4, -0.2) is 45.7 Å². The summed E-state index contributed by atoms with van der Waals surface area (Å²) in [7, 11) is 3.03. The van der Waals surface area contributed by atoms with E-state index in [1.807, 2.05) is 17.0 Å². The Labute approximate surface area is 166 Å². The molecular weight excluding hydrogens is 376 g/mol. The highest BCUT2D eigenvalue weighted by Crippen LogP contribution is 2.34. The van der Waals surface area contributed by atoms with Crippen molar-refractivity contribution in [2.45, 2.75) is 18.9 Å². The van der Waals surface area contributed by atoms with Gasteiger partial charge < -0.3 is 19.1 Å². The molecule has 10 nitrogen and oxygen atoms in total. The largest absolute Gasteiger partial charge is 0.497 e. The first kappa shape index (κ1) is 18.7. The normalized spacial score (nSPS) is 15.9. The maximum absolute atomic E-state index is 11.8. The van der Waals surface area contributed by atoms with Crippen LogP contribution >= 0.6 is 0 Å². The Morgan fingerprint density at radius 2 is 1.83 bits per heavy atom. The SMILES string of the molecule is COc1ccc(Oc2cncc(C3CCCN3c3nc(OC)nc(=O)[nH]3)n2)cc1. The summed E-state index contributed by atoms with van der Waals surface area (Å²) in [5.41, 5.74) is 0.215. The van der Waals surface area contributed by atoms with Crippen LogP contribution < -0.4 is 24.8 Å². The Morgan fingerprint density at radius 3 is 2.59 bits per heavy atom. The molecule has 4 rings (SSSR count). The Morgan fingerprint density at radius 1 is 1.03 bits per heavy atom. The monoisotopic (exact) mass is 396 g/mol. The number of aromatic amines is 1. The average Bonchev–Trinajstić information content (AvgIpc) is 3.24. The molecule has 3 aromatic rings. The summed E-state index contributed by atoms with van der Waals surface area (Å²) in [6.45, 7) is 0.714. The molecule has 1 aliphatic rings. The van der Waals surface area contributed by atoms with Gasteiger partial charge in [-0.15, -0.1) is 4.98 Å². The number of nitrogens with zero attached hydrogens (tertiary/aromatic N) is 5. The van der Waals surface area contributed by atoms with Crippen molar-refractivity contribution in [3.8, 4) is 23.4 Å². The van der Waals surface area contributed by atoms with Crippen LogP contribution in [0.3, 0.4) is 0 Å².